The van der Waals surface area contributed by atoms with E-state index in [1.807, 2.05) is 19.2 Å². The molecule has 0 aliphatic carbocycles. The average Bonchev–Trinajstić information content (AvgIpc) is 2.35. The van der Waals surface area contributed by atoms with Gasteiger partial charge in [-0.25, -0.2) is 9.97 Å². The first-order chi connectivity index (χ1) is 8.13. The molecule has 0 atom stereocenters. The lowest BCUT2D eigenvalue weighted by molar-refractivity contribution is 1.05. The van der Waals surface area contributed by atoms with Gasteiger partial charge in [0.15, 0.2) is 5.82 Å². The maximum Gasteiger partial charge on any atom is 0.161 e. The van der Waals surface area contributed by atoms with Gasteiger partial charge in [-0.3, -0.25) is 4.98 Å². The third-order valence-electron chi connectivity index (χ3n) is 2.50. The van der Waals surface area contributed by atoms with E-state index in [0.717, 1.165) is 27.7 Å². The molecule has 2 heterocycles. The molecule has 5 heteroatoms. The van der Waals surface area contributed by atoms with E-state index >= 15 is 0 Å². The summed E-state index contributed by atoms with van der Waals surface area (Å²) in [6, 6.07) is 1.91. The van der Waals surface area contributed by atoms with E-state index in [-0.39, 0.29) is 0 Å². The van der Waals surface area contributed by atoms with Crippen molar-refractivity contribution in [1.29, 1.82) is 0 Å². The van der Waals surface area contributed by atoms with Crippen molar-refractivity contribution in [3.63, 3.8) is 0 Å². The second kappa shape index (κ2) is 5.10. The Morgan fingerprint density at radius 1 is 1.35 bits per heavy atom. The van der Waals surface area contributed by atoms with Crippen LogP contribution in [-0.4, -0.2) is 15.0 Å². The molecule has 0 fully saturated rings. The Labute approximate surface area is 113 Å². The van der Waals surface area contributed by atoms with Crippen molar-refractivity contribution in [3.8, 4) is 11.4 Å². The summed E-state index contributed by atoms with van der Waals surface area (Å²) in [7, 11) is 0. The van der Waals surface area contributed by atoms with Gasteiger partial charge in [0.25, 0.3) is 0 Å². The van der Waals surface area contributed by atoms with Gasteiger partial charge in [-0.05, 0) is 40.9 Å². The van der Waals surface area contributed by atoms with E-state index < -0.39 is 0 Å². The molecule has 0 saturated heterocycles. The molecule has 0 N–H and O–H groups in total. The molecular formula is C12H11BrClN3. The first-order valence-corrected chi connectivity index (χ1v) is 6.43. The molecule has 0 spiro atoms. The first kappa shape index (κ1) is 12.5. The number of aromatic nitrogens is 3. The fourth-order valence-electron chi connectivity index (χ4n) is 1.57. The van der Waals surface area contributed by atoms with Gasteiger partial charge in [0, 0.05) is 18.0 Å². The van der Waals surface area contributed by atoms with Crippen LogP contribution < -0.4 is 0 Å². The van der Waals surface area contributed by atoms with Crippen LogP contribution in [0.5, 0.6) is 0 Å². The maximum atomic E-state index is 6.05. The van der Waals surface area contributed by atoms with Crippen molar-refractivity contribution in [2.24, 2.45) is 0 Å². The Hall–Kier alpha value is -1.000. The van der Waals surface area contributed by atoms with E-state index in [1.165, 1.54) is 0 Å². The summed E-state index contributed by atoms with van der Waals surface area (Å²) in [6.07, 6.45) is 4.46. The lowest BCUT2D eigenvalue weighted by Crippen LogP contribution is -1.97. The minimum atomic E-state index is 0.436. The highest BCUT2D eigenvalue weighted by atomic mass is 79.9. The lowest BCUT2D eigenvalue weighted by atomic mass is 10.1. The number of hydrogen-bond acceptors (Lipinski definition) is 3. The topological polar surface area (TPSA) is 38.7 Å². The Morgan fingerprint density at radius 2 is 2.12 bits per heavy atom. The average molecular weight is 313 g/mol. The molecule has 0 radical (unpaired) electrons. The number of pyridine rings is 1. The van der Waals surface area contributed by atoms with Crippen LogP contribution in [0.25, 0.3) is 11.4 Å². The molecule has 17 heavy (non-hydrogen) atoms. The summed E-state index contributed by atoms with van der Waals surface area (Å²) < 4.78 is 0.745. The smallest absolute Gasteiger partial charge is 0.161 e. The molecule has 0 aliphatic rings. The van der Waals surface area contributed by atoms with Crippen molar-refractivity contribution in [1.82, 2.24) is 15.0 Å². The second-order valence-corrected chi connectivity index (χ2v) is 4.77. The second-order valence-electron chi connectivity index (χ2n) is 3.62. The zero-order chi connectivity index (χ0) is 12.4. The fourth-order valence-corrected chi connectivity index (χ4v) is 1.97. The van der Waals surface area contributed by atoms with Gasteiger partial charge in [0.05, 0.1) is 10.2 Å². The van der Waals surface area contributed by atoms with Gasteiger partial charge in [0.2, 0.25) is 0 Å². The van der Waals surface area contributed by atoms with E-state index in [9.17, 15) is 0 Å². The van der Waals surface area contributed by atoms with Crippen molar-refractivity contribution in [2.75, 3.05) is 0 Å². The minimum Gasteiger partial charge on any atom is -0.264 e. The van der Waals surface area contributed by atoms with Crippen LogP contribution >= 0.6 is 27.5 Å². The van der Waals surface area contributed by atoms with E-state index in [4.69, 9.17) is 11.6 Å². The van der Waals surface area contributed by atoms with Gasteiger partial charge in [0.1, 0.15) is 5.15 Å². The number of rotatable bonds is 2. The molecule has 0 aromatic carbocycles. The SMILES string of the molecule is CCc1cnccc1-c1nc(C)c(Br)c(Cl)n1. The normalized spacial score (nSPS) is 10.6. The van der Waals surface area contributed by atoms with Crippen molar-refractivity contribution in [3.05, 3.63) is 39.3 Å². The molecule has 2 rings (SSSR count). The summed E-state index contributed by atoms with van der Waals surface area (Å²) in [6.45, 7) is 3.97. The number of hydrogen-bond donors (Lipinski definition) is 0. The standard InChI is InChI=1S/C12H11BrClN3/c1-3-8-6-15-5-4-9(8)12-16-7(2)10(13)11(14)17-12/h4-6H,3H2,1-2H3. The third kappa shape index (κ3) is 2.48. The molecule has 2 aromatic heterocycles. The maximum absolute atomic E-state index is 6.05. The highest BCUT2D eigenvalue weighted by Crippen LogP contribution is 2.27. The monoisotopic (exact) mass is 311 g/mol. The zero-order valence-electron chi connectivity index (χ0n) is 9.54. The van der Waals surface area contributed by atoms with Crippen molar-refractivity contribution in [2.45, 2.75) is 20.3 Å². The van der Waals surface area contributed by atoms with Crippen LogP contribution in [0.4, 0.5) is 0 Å². The number of aryl methyl sites for hydroxylation is 2. The van der Waals surface area contributed by atoms with Crippen LogP contribution in [0, 0.1) is 6.92 Å². The summed E-state index contributed by atoms with van der Waals surface area (Å²) >= 11 is 9.40. The lowest BCUT2D eigenvalue weighted by Gasteiger charge is -2.08. The van der Waals surface area contributed by atoms with Gasteiger partial charge >= 0.3 is 0 Å². The summed E-state index contributed by atoms with van der Waals surface area (Å²) in [5, 5.41) is 0.436. The van der Waals surface area contributed by atoms with Crippen molar-refractivity contribution < 1.29 is 0 Å². The van der Waals surface area contributed by atoms with E-state index in [1.54, 1.807) is 6.20 Å². The van der Waals surface area contributed by atoms with E-state index in [0.29, 0.717) is 11.0 Å². The van der Waals surface area contributed by atoms with Crippen molar-refractivity contribution >= 4 is 27.5 Å². The van der Waals surface area contributed by atoms with Crippen LogP contribution in [0.1, 0.15) is 18.2 Å². The molecule has 0 unspecified atom stereocenters. The zero-order valence-corrected chi connectivity index (χ0v) is 11.9. The van der Waals surface area contributed by atoms with Crippen LogP contribution in [-0.2, 0) is 6.42 Å². The molecule has 3 nitrogen and oxygen atoms in total. The molecular weight excluding hydrogens is 302 g/mol. The molecule has 0 bridgehead atoms. The third-order valence-corrected chi connectivity index (χ3v) is 3.95. The molecule has 0 amide bonds. The Bertz CT molecular complexity index is 534. The molecule has 2 aromatic rings. The number of halogens is 2. The fraction of sp³-hybridized carbons (Fsp3) is 0.250. The summed E-state index contributed by atoms with van der Waals surface area (Å²) in [4.78, 5) is 12.8. The van der Waals surface area contributed by atoms with Gasteiger partial charge in [-0.2, -0.15) is 0 Å². The minimum absolute atomic E-state index is 0.436. The Balaban J connectivity index is 2.61. The van der Waals surface area contributed by atoms with Gasteiger partial charge < -0.3 is 0 Å². The number of nitrogens with zero attached hydrogens (tertiary/aromatic N) is 3. The molecule has 0 saturated carbocycles. The predicted molar refractivity (Wildman–Crippen MR) is 72.1 cm³/mol. The summed E-state index contributed by atoms with van der Waals surface area (Å²) in [5.74, 6) is 0.648. The predicted octanol–water partition coefficient (Wildman–Crippen LogP) is 3.83. The van der Waals surface area contributed by atoms with Gasteiger partial charge in [-0.1, -0.05) is 18.5 Å². The Morgan fingerprint density at radius 3 is 2.76 bits per heavy atom. The first-order valence-electron chi connectivity index (χ1n) is 5.26. The Kier molecular flexibility index (Phi) is 3.74. The largest absolute Gasteiger partial charge is 0.264 e. The van der Waals surface area contributed by atoms with Crippen LogP contribution in [0.3, 0.4) is 0 Å². The summed E-state index contributed by atoms with van der Waals surface area (Å²) in [5.41, 5.74) is 2.93. The highest BCUT2D eigenvalue weighted by Gasteiger charge is 2.11. The molecule has 88 valence electrons. The molecule has 0 aliphatic heterocycles. The quantitative estimate of drug-likeness (QED) is 0.791. The van der Waals surface area contributed by atoms with Crippen LogP contribution in [0.2, 0.25) is 5.15 Å². The highest BCUT2D eigenvalue weighted by molar-refractivity contribution is 9.10. The van der Waals surface area contributed by atoms with E-state index in [2.05, 4.69) is 37.8 Å². The van der Waals surface area contributed by atoms with Gasteiger partial charge in [-0.15, -0.1) is 0 Å². The van der Waals surface area contributed by atoms with Crippen LogP contribution in [0.15, 0.2) is 22.9 Å².